The van der Waals surface area contributed by atoms with E-state index < -0.39 is 0 Å². The topological polar surface area (TPSA) is 41.6 Å². The quantitative estimate of drug-likeness (QED) is 0.907. The van der Waals surface area contributed by atoms with E-state index in [1.165, 1.54) is 0 Å². The predicted octanol–water partition coefficient (Wildman–Crippen LogP) is 3.32. The SMILES string of the molecule is CNC1CCC(N(C(=O)OCc2ccccc2)C2CC2)CC1. The molecule has 1 aromatic rings. The first-order chi connectivity index (χ1) is 10.8. The van der Waals surface area contributed by atoms with Gasteiger partial charge in [-0.2, -0.15) is 0 Å². The zero-order valence-electron chi connectivity index (χ0n) is 13.3. The Balaban J connectivity index is 1.56. The summed E-state index contributed by atoms with van der Waals surface area (Å²) in [5.74, 6) is 0. The number of carbonyl (C=O) groups excluding carboxylic acids is 1. The number of amides is 1. The van der Waals surface area contributed by atoms with Gasteiger partial charge in [0.25, 0.3) is 0 Å². The van der Waals surface area contributed by atoms with Crippen LogP contribution in [-0.2, 0) is 11.3 Å². The van der Waals surface area contributed by atoms with Crippen LogP contribution in [0.15, 0.2) is 30.3 Å². The van der Waals surface area contributed by atoms with E-state index in [0.29, 0.717) is 24.7 Å². The number of ether oxygens (including phenoxy) is 1. The molecule has 120 valence electrons. The van der Waals surface area contributed by atoms with Gasteiger partial charge in [0.1, 0.15) is 6.61 Å². The average Bonchev–Trinajstić information content (AvgIpc) is 3.40. The molecule has 0 aromatic heterocycles. The minimum Gasteiger partial charge on any atom is -0.445 e. The molecule has 4 heteroatoms. The van der Waals surface area contributed by atoms with Crippen LogP contribution >= 0.6 is 0 Å². The molecule has 1 amide bonds. The molecule has 4 nitrogen and oxygen atoms in total. The second kappa shape index (κ2) is 7.14. The highest BCUT2D eigenvalue weighted by Crippen LogP contribution is 2.34. The van der Waals surface area contributed by atoms with E-state index >= 15 is 0 Å². The highest BCUT2D eigenvalue weighted by molar-refractivity contribution is 5.69. The van der Waals surface area contributed by atoms with Gasteiger partial charge in [-0.1, -0.05) is 30.3 Å². The Labute approximate surface area is 132 Å². The first-order valence-electron chi connectivity index (χ1n) is 8.44. The fourth-order valence-corrected chi connectivity index (χ4v) is 3.39. The van der Waals surface area contributed by atoms with Crippen molar-refractivity contribution in [2.24, 2.45) is 0 Å². The zero-order valence-corrected chi connectivity index (χ0v) is 13.3. The molecule has 22 heavy (non-hydrogen) atoms. The average molecular weight is 302 g/mol. The zero-order chi connectivity index (χ0) is 15.4. The number of hydrogen-bond acceptors (Lipinski definition) is 3. The molecular weight excluding hydrogens is 276 g/mol. The maximum atomic E-state index is 12.5. The molecule has 2 fully saturated rings. The summed E-state index contributed by atoms with van der Waals surface area (Å²) in [6.07, 6.45) is 6.61. The Morgan fingerprint density at radius 1 is 1.09 bits per heavy atom. The van der Waals surface area contributed by atoms with Gasteiger partial charge in [0.2, 0.25) is 0 Å². The van der Waals surface area contributed by atoms with E-state index in [1.54, 1.807) is 0 Å². The summed E-state index contributed by atoms with van der Waals surface area (Å²) < 4.78 is 5.57. The van der Waals surface area contributed by atoms with E-state index in [2.05, 4.69) is 5.32 Å². The van der Waals surface area contributed by atoms with Gasteiger partial charge in [-0.15, -0.1) is 0 Å². The maximum Gasteiger partial charge on any atom is 0.410 e. The van der Waals surface area contributed by atoms with Gasteiger partial charge in [-0.3, -0.25) is 0 Å². The third kappa shape index (κ3) is 3.80. The third-order valence-electron chi connectivity index (χ3n) is 4.85. The number of carbonyl (C=O) groups is 1. The largest absolute Gasteiger partial charge is 0.445 e. The fourth-order valence-electron chi connectivity index (χ4n) is 3.39. The van der Waals surface area contributed by atoms with Gasteiger partial charge >= 0.3 is 6.09 Å². The van der Waals surface area contributed by atoms with E-state index in [1.807, 2.05) is 42.3 Å². The molecule has 0 aliphatic heterocycles. The van der Waals surface area contributed by atoms with Crippen LogP contribution in [0.5, 0.6) is 0 Å². The molecule has 0 spiro atoms. The van der Waals surface area contributed by atoms with Gasteiger partial charge < -0.3 is 15.0 Å². The number of hydrogen-bond donors (Lipinski definition) is 1. The van der Waals surface area contributed by atoms with E-state index in [4.69, 9.17) is 4.74 Å². The smallest absolute Gasteiger partial charge is 0.410 e. The predicted molar refractivity (Wildman–Crippen MR) is 86.6 cm³/mol. The van der Waals surface area contributed by atoms with Gasteiger partial charge in [-0.25, -0.2) is 4.79 Å². The Bertz CT molecular complexity index is 479. The minimum atomic E-state index is -0.126. The summed E-state index contributed by atoms with van der Waals surface area (Å²) in [6, 6.07) is 11.3. The van der Waals surface area contributed by atoms with Crippen LogP contribution in [0.2, 0.25) is 0 Å². The molecule has 1 aromatic carbocycles. The molecular formula is C18H26N2O2. The molecule has 0 bridgehead atoms. The standard InChI is InChI=1S/C18H26N2O2/c1-19-15-7-9-16(10-8-15)20(17-11-12-17)18(21)22-13-14-5-3-2-4-6-14/h2-6,15-17,19H,7-13H2,1H3. The number of nitrogens with zero attached hydrogens (tertiary/aromatic N) is 1. The third-order valence-corrected chi connectivity index (χ3v) is 4.85. The molecule has 0 atom stereocenters. The molecule has 0 radical (unpaired) electrons. The fraction of sp³-hybridized carbons (Fsp3) is 0.611. The van der Waals surface area contributed by atoms with Crippen molar-refractivity contribution >= 4 is 6.09 Å². The van der Waals surface area contributed by atoms with Crippen molar-refractivity contribution in [2.75, 3.05) is 7.05 Å². The first-order valence-corrected chi connectivity index (χ1v) is 8.44. The summed E-state index contributed by atoms with van der Waals surface area (Å²) >= 11 is 0. The molecule has 2 saturated carbocycles. The van der Waals surface area contributed by atoms with Crippen LogP contribution in [0.3, 0.4) is 0 Å². The van der Waals surface area contributed by atoms with Crippen molar-refractivity contribution < 1.29 is 9.53 Å². The Hall–Kier alpha value is -1.55. The molecule has 1 N–H and O–H groups in total. The van der Waals surface area contributed by atoms with Crippen LogP contribution < -0.4 is 5.32 Å². The van der Waals surface area contributed by atoms with Crippen LogP contribution in [0, 0.1) is 0 Å². The second-order valence-corrected chi connectivity index (χ2v) is 6.47. The van der Waals surface area contributed by atoms with Crippen molar-refractivity contribution in [3.05, 3.63) is 35.9 Å². The minimum absolute atomic E-state index is 0.126. The Morgan fingerprint density at radius 2 is 1.68 bits per heavy atom. The Kier molecular flexibility index (Phi) is 4.98. The van der Waals surface area contributed by atoms with Gasteiger partial charge in [0.05, 0.1) is 0 Å². The molecule has 3 rings (SSSR count). The summed E-state index contributed by atoms with van der Waals surface area (Å²) in [5.41, 5.74) is 1.05. The Morgan fingerprint density at radius 3 is 2.23 bits per heavy atom. The van der Waals surface area contributed by atoms with Crippen LogP contribution in [0.25, 0.3) is 0 Å². The highest BCUT2D eigenvalue weighted by atomic mass is 16.6. The van der Waals surface area contributed by atoms with Gasteiger partial charge in [0, 0.05) is 18.1 Å². The molecule has 0 unspecified atom stereocenters. The van der Waals surface area contributed by atoms with Crippen LogP contribution in [-0.4, -0.2) is 36.2 Å². The van der Waals surface area contributed by atoms with Gasteiger partial charge in [-0.05, 0) is 51.1 Å². The van der Waals surface area contributed by atoms with E-state index in [-0.39, 0.29) is 6.09 Å². The lowest BCUT2D eigenvalue weighted by atomic mass is 9.90. The molecule has 0 heterocycles. The number of rotatable bonds is 5. The van der Waals surface area contributed by atoms with Crippen molar-refractivity contribution in [3.8, 4) is 0 Å². The highest BCUT2D eigenvalue weighted by Gasteiger charge is 2.39. The van der Waals surface area contributed by atoms with Crippen molar-refractivity contribution in [1.82, 2.24) is 10.2 Å². The lowest BCUT2D eigenvalue weighted by Crippen LogP contribution is -2.46. The van der Waals surface area contributed by atoms with Crippen molar-refractivity contribution in [3.63, 3.8) is 0 Å². The maximum absolute atomic E-state index is 12.5. The van der Waals surface area contributed by atoms with Crippen LogP contribution in [0.1, 0.15) is 44.1 Å². The second-order valence-electron chi connectivity index (χ2n) is 6.47. The molecule has 2 aliphatic carbocycles. The first kappa shape index (κ1) is 15.3. The summed E-state index contributed by atoms with van der Waals surface area (Å²) in [7, 11) is 2.03. The van der Waals surface area contributed by atoms with Crippen molar-refractivity contribution in [1.29, 1.82) is 0 Å². The molecule has 0 saturated heterocycles. The lowest BCUT2D eigenvalue weighted by Gasteiger charge is -2.36. The normalized spacial score (nSPS) is 24.8. The van der Waals surface area contributed by atoms with Gasteiger partial charge in [0.15, 0.2) is 0 Å². The number of benzene rings is 1. The molecule has 2 aliphatic rings. The summed E-state index contributed by atoms with van der Waals surface area (Å²) in [4.78, 5) is 14.6. The van der Waals surface area contributed by atoms with Crippen molar-refractivity contribution in [2.45, 2.75) is 63.3 Å². The van der Waals surface area contributed by atoms with E-state index in [0.717, 1.165) is 44.1 Å². The van der Waals surface area contributed by atoms with E-state index in [9.17, 15) is 4.79 Å². The lowest BCUT2D eigenvalue weighted by molar-refractivity contribution is 0.0658. The summed E-state index contributed by atoms with van der Waals surface area (Å²) in [6.45, 7) is 0.370. The monoisotopic (exact) mass is 302 g/mol. The van der Waals surface area contributed by atoms with Crippen LogP contribution in [0.4, 0.5) is 4.79 Å². The number of nitrogens with one attached hydrogen (secondary N) is 1. The summed E-state index contributed by atoms with van der Waals surface area (Å²) in [5, 5.41) is 3.35.